The Bertz CT molecular complexity index is 1630. The fourth-order valence-electron chi connectivity index (χ4n) is 5.29. The highest BCUT2D eigenvalue weighted by atomic mass is 35.5. The number of carbonyl (C=O) groups excluding carboxylic acids is 2. The summed E-state index contributed by atoms with van der Waals surface area (Å²) in [5, 5.41) is 14.3. The molecule has 12 heteroatoms. The van der Waals surface area contributed by atoms with Crippen LogP contribution in [0.15, 0.2) is 72.8 Å². The summed E-state index contributed by atoms with van der Waals surface area (Å²) in [6.45, 7) is 1.28. The number of nitrogens with one attached hydrogen (secondary N) is 1. The molecule has 5 rings (SSSR count). The van der Waals surface area contributed by atoms with Gasteiger partial charge in [0.15, 0.2) is 5.75 Å². The third-order valence-corrected chi connectivity index (χ3v) is 9.76. The maximum Gasteiger partial charge on any atom is 0.267 e. The SMILES string of the molecule is Cl.NC(=O)C1(NCc2ccccc2)CCN(C(=O)c2sc(-c3ccc(Cl)cc3Cl)c(-c3ccc(Cl)cc3)c2OCCCO)CC1. The van der Waals surface area contributed by atoms with E-state index in [0.29, 0.717) is 75.7 Å². The molecule has 0 spiro atoms. The number of halogens is 4. The number of amides is 2. The molecule has 1 saturated heterocycles. The van der Waals surface area contributed by atoms with Crippen molar-refractivity contribution in [1.82, 2.24) is 10.2 Å². The van der Waals surface area contributed by atoms with Gasteiger partial charge in [-0.05, 0) is 48.2 Å². The van der Waals surface area contributed by atoms with Gasteiger partial charge in [0.2, 0.25) is 5.91 Å². The van der Waals surface area contributed by atoms with E-state index in [1.165, 1.54) is 11.3 Å². The number of thiophene rings is 1. The van der Waals surface area contributed by atoms with E-state index in [9.17, 15) is 14.7 Å². The number of piperidine rings is 1. The van der Waals surface area contributed by atoms with E-state index >= 15 is 0 Å². The summed E-state index contributed by atoms with van der Waals surface area (Å²) in [6, 6.07) is 22.3. The van der Waals surface area contributed by atoms with Crippen molar-refractivity contribution in [2.75, 3.05) is 26.3 Å². The summed E-state index contributed by atoms with van der Waals surface area (Å²) in [5.41, 5.74) is 8.21. The number of benzene rings is 3. The molecule has 238 valence electrons. The molecule has 1 aromatic heterocycles. The van der Waals surface area contributed by atoms with Crippen LogP contribution in [0.25, 0.3) is 21.6 Å². The first-order valence-electron chi connectivity index (χ1n) is 14.2. The van der Waals surface area contributed by atoms with Gasteiger partial charge in [-0.3, -0.25) is 14.9 Å². The van der Waals surface area contributed by atoms with E-state index in [-0.39, 0.29) is 31.5 Å². The standard InChI is InChI=1S/C33H32Cl3N3O4S.ClH/c34-23-9-7-22(8-10-23)27-28(43-18-4-17-40)30(44-29(27)25-12-11-24(35)19-26(25)36)31(41)39-15-13-33(14-16-39,32(37)42)38-20-21-5-2-1-3-6-21;/h1-3,5-12,19,38,40H,4,13-18,20H2,(H2,37,42);1H. The molecular weight excluding hydrogens is 676 g/mol. The summed E-state index contributed by atoms with van der Waals surface area (Å²) in [4.78, 5) is 29.8. The Morgan fingerprint density at radius 1 is 0.978 bits per heavy atom. The van der Waals surface area contributed by atoms with Crippen molar-refractivity contribution in [2.45, 2.75) is 31.3 Å². The number of aliphatic hydroxyl groups is 1. The lowest BCUT2D eigenvalue weighted by molar-refractivity contribution is -0.126. The topological polar surface area (TPSA) is 105 Å². The minimum absolute atomic E-state index is 0. The Kier molecular flexibility index (Phi) is 12.2. The van der Waals surface area contributed by atoms with Crippen LogP contribution < -0.4 is 15.8 Å². The Morgan fingerprint density at radius 2 is 1.64 bits per heavy atom. The Balaban J connectivity index is 0.00000461. The second-order valence-electron chi connectivity index (χ2n) is 10.6. The van der Waals surface area contributed by atoms with Crippen LogP contribution in [0.2, 0.25) is 15.1 Å². The molecule has 45 heavy (non-hydrogen) atoms. The van der Waals surface area contributed by atoms with Crippen LogP contribution >= 0.6 is 58.5 Å². The van der Waals surface area contributed by atoms with Gasteiger partial charge in [-0.15, -0.1) is 23.7 Å². The van der Waals surface area contributed by atoms with Gasteiger partial charge in [0.25, 0.3) is 5.91 Å². The maximum absolute atomic E-state index is 14.2. The first-order chi connectivity index (χ1) is 21.2. The molecule has 4 N–H and O–H groups in total. The third-order valence-electron chi connectivity index (χ3n) is 7.77. The van der Waals surface area contributed by atoms with Crippen molar-refractivity contribution in [3.05, 3.63) is 98.3 Å². The second kappa shape index (κ2) is 15.6. The maximum atomic E-state index is 14.2. The van der Waals surface area contributed by atoms with Gasteiger partial charge in [0.05, 0.1) is 11.6 Å². The average molecular weight is 710 g/mol. The molecule has 0 saturated carbocycles. The van der Waals surface area contributed by atoms with Gasteiger partial charge in [0, 0.05) is 58.7 Å². The van der Waals surface area contributed by atoms with Crippen molar-refractivity contribution in [2.24, 2.45) is 5.73 Å². The van der Waals surface area contributed by atoms with E-state index in [1.54, 1.807) is 29.2 Å². The number of likely N-dealkylation sites (tertiary alicyclic amines) is 1. The molecule has 0 atom stereocenters. The number of carbonyl (C=O) groups is 2. The smallest absolute Gasteiger partial charge is 0.267 e. The zero-order chi connectivity index (χ0) is 31.3. The first kappa shape index (κ1) is 35.0. The molecule has 0 aliphatic carbocycles. The highest BCUT2D eigenvalue weighted by Crippen LogP contribution is 2.50. The van der Waals surface area contributed by atoms with Gasteiger partial charge >= 0.3 is 0 Å². The van der Waals surface area contributed by atoms with Crippen LogP contribution in [0, 0.1) is 0 Å². The predicted molar refractivity (Wildman–Crippen MR) is 185 cm³/mol. The summed E-state index contributed by atoms with van der Waals surface area (Å²) < 4.78 is 6.25. The molecule has 2 amide bonds. The molecule has 7 nitrogen and oxygen atoms in total. The number of primary amides is 1. The molecule has 0 unspecified atom stereocenters. The molecule has 1 aliphatic rings. The van der Waals surface area contributed by atoms with Gasteiger partial charge in [-0.1, -0.05) is 83.3 Å². The second-order valence-corrected chi connectivity index (χ2v) is 12.9. The Morgan fingerprint density at radius 3 is 2.27 bits per heavy atom. The quantitative estimate of drug-likeness (QED) is 0.140. The molecule has 1 aliphatic heterocycles. The van der Waals surface area contributed by atoms with Gasteiger partial charge in [-0.2, -0.15) is 0 Å². The largest absolute Gasteiger partial charge is 0.491 e. The number of hydrogen-bond acceptors (Lipinski definition) is 6. The van der Waals surface area contributed by atoms with Crippen molar-refractivity contribution in [3.8, 4) is 27.3 Å². The summed E-state index contributed by atoms with van der Waals surface area (Å²) in [6.07, 6.45) is 1.12. The van der Waals surface area contributed by atoms with Crippen LogP contribution in [0.1, 0.15) is 34.5 Å². The van der Waals surface area contributed by atoms with Gasteiger partial charge < -0.3 is 20.5 Å². The first-order valence-corrected chi connectivity index (χ1v) is 16.2. The van der Waals surface area contributed by atoms with Gasteiger partial charge in [0.1, 0.15) is 10.4 Å². The summed E-state index contributed by atoms with van der Waals surface area (Å²) in [5.74, 6) is -0.248. The molecule has 0 radical (unpaired) electrons. The van der Waals surface area contributed by atoms with Crippen molar-refractivity contribution in [1.29, 1.82) is 0 Å². The predicted octanol–water partition coefficient (Wildman–Crippen LogP) is 7.48. The zero-order valence-electron chi connectivity index (χ0n) is 24.2. The van der Waals surface area contributed by atoms with E-state index < -0.39 is 11.4 Å². The van der Waals surface area contributed by atoms with E-state index in [4.69, 9.17) is 45.3 Å². The van der Waals surface area contributed by atoms with E-state index in [0.717, 1.165) is 16.0 Å². The number of hydrogen-bond donors (Lipinski definition) is 3. The molecule has 1 fully saturated rings. The highest BCUT2D eigenvalue weighted by Gasteiger charge is 2.41. The highest BCUT2D eigenvalue weighted by molar-refractivity contribution is 7.18. The molecule has 3 aromatic carbocycles. The number of rotatable bonds is 11. The number of nitrogens with zero attached hydrogens (tertiary/aromatic N) is 1. The van der Waals surface area contributed by atoms with Crippen molar-refractivity contribution < 1.29 is 19.4 Å². The van der Waals surface area contributed by atoms with Crippen LogP contribution in [-0.4, -0.2) is 53.7 Å². The average Bonchev–Trinajstić information content (AvgIpc) is 3.39. The number of ether oxygens (including phenoxy) is 1. The van der Waals surface area contributed by atoms with E-state index in [2.05, 4.69) is 5.32 Å². The minimum Gasteiger partial charge on any atom is -0.491 e. The number of aliphatic hydroxyl groups excluding tert-OH is 1. The van der Waals surface area contributed by atoms with Crippen LogP contribution in [0.5, 0.6) is 5.75 Å². The minimum atomic E-state index is -0.932. The van der Waals surface area contributed by atoms with Crippen molar-refractivity contribution in [3.63, 3.8) is 0 Å². The molecular formula is C33H33Cl4N3O4S. The molecule has 4 aromatic rings. The number of nitrogens with two attached hydrogens (primary N) is 1. The Labute approximate surface area is 287 Å². The normalized spacial score (nSPS) is 14.1. The summed E-state index contributed by atoms with van der Waals surface area (Å²) >= 11 is 20.4. The lowest BCUT2D eigenvalue weighted by Gasteiger charge is -2.40. The monoisotopic (exact) mass is 707 g/mol. The lowest BCUT2D eigenvalue weighted by Crippen LogP contribution is -2.61. The van der Waals surface area contributed by atoms with Crippen LogP contribution in [-0.2, 0) is 11.3 Å². The van der Waals surface area contributed by atoms with Crippen LogP contribution in [0.3, 0.4) is 0 Å². The zero-order valence-corrected chi connectivity index (χ0v) is 28.1. The fourth-order valence-corrected chi connectivity index (χ4v) is 7.25. The third kappa shape index (κ3) is 7.95. The fraction of sp³-hybridized carbons (Fsp3) is 0.273. The lowest BCUT2D eigenvalue weighted by atomic mass is 9.86. The molecule has 2 heterocycles. The van der Waals surface area contributed by atoms with Gasteiger partial charge in [-0.25, -0.2) is 0 Å². The van der Waals surface area contributed by atoms with E-state index in [1.807, 2.05) is 48.5 Å². The molecule has 0 bridgehead atoms. The van der Waals surface area contributed by atoms with Crippen molar-refractivity contribution >= 4 is 70.4 Å². The van der Waals surface area contributed by atoms with Crippen LogP contribution in [0.4, 0.5) is 0 Å². The summed E-state index contributed by atoms with van der Waals surface area (Å²) in [7, 11) is 0. The Hall–Kier alpha value is -2.82.